The van der Waals surface area contributed by atoms with E-state index in [2.05, 4.69) is 5.32 Å². The maximum absolute atomic E-state index is 11.0. The fourth-order valence-corrected chi connectivity index (χ4v) is 1.02. The Morgan fingerprint density at radius 2 is 2.46 bits per heavy atom. The van der Waals surface area contributed by atoms with Crippen LogP contribution in [0.1, 0.15) is 0 Å². The van der Waals surface area contributed by atoms with Gasteiger partial charge in [0.25, 0.3) is 0 Å². The SMILES string of the molecule is CN(C)C(=O)OCC1CNCCO1. The highest BCUT2D eigenvalue weighted by Crippen LogP contribution is 1.97. The van der Waals surface area contributed by atoms with Gasteiger partial charge in [-0.2, -0.15) is 0 Å². The molecule has 0 spiro atoms. The van der Waals surface area contributed by atoms with Crippen molar-refractivity contribution in [3.8, 4) is 0 Å². The molecule has 1 aliphatic rings. The second kappa shape index (κ2) is 5.04. The second-order valence-corrected chi connectivity index (χ2v) is 3.17. The van der Waals surface area contributed by atoms with E-state index in [0.29, 0.717) is 13.2 Å². The Kier molecular flexibility index (Phi) is 3.98. The predicted octanol–water partition coefficient (Wildman–Crippen LogP) is -0.327. The van der Waals surface area contributed by atoms with Crippen LogP contribution in [-0.4, -0.2) is 57.5 Å². The Labute approximate surface area is 78.0 Å². The van der Waals surface area contributed by atoms with E-state index in [9.17, 15) is 4.79 Å². The summed E-state index contributed by atoms with van der Waals surface area (Å²) in [6.45, 7) is 2.63. The molecule has 0 aromatic carbocycles. The molecule has 1 aliphatic heterocycles. The van der Waals surface area contributed by atoms with Crippen molar-refractivity contribution in [3.63, 3.8) is 0 Å². The van der Waals surface area contributed by atoms with Crippen LogP contribution in [0.2, 0.25) is 0 Å². The van der Waals surface area contributed by atoms with E-state index >= 15 is 0 Å². The fraction of sp³-hybridized carbons (Fsp3) is 0.875. The number of amides is 1. The molecule has 1 N–H and O–H groups in total. The van der Waals surface area contributed by atoms with Crippen molar-refractivity contribution in [2.75, 3.05) is 40.4 Å². The number of carbonyl (C=O) groups excluding carboxylic acids is 1. The highest BCUT2D eigenvalue weighted by Gasteiger charge is 2.15. The van der Waals surface area contributed by atoms with Crippen molar-refractivity contribution in [1.29, 1.82) is 0 Å². The number of hydrogen-bond donors (Lipinski definition) is 1. The summed E-state index contributed by atoms with van der Waals surface area (Å²) in [6, 6.07) is 0. The zero-order valence-corrected chi connectivity index (χ0v) is 8.08. The maximum atomic E-state index is 11.0. The van der Waals surface area contributed by atoms with Crippen molar-refractivity contribution in [1.82, 2.24) is 10.2 Å². The Morgan fingerprint density at radius 1 is 1.69 bits per heavy atom. The Hall–Kier alpha value is -0.810. The van der Waals surface area contributed by atoms with Crippen molar-refractivity contribution < 1.29 is 14.3 Å². The van der Waals surface area contributed by atoms with Crippen LogP contribution in [0, 0.1) is 0 Å². The molecule has 0 bridgehead atoms. The minimum atomic E-state index is -0.325. The Balaban J connectivity index is 2.13. The summed E-state index contributed by atoms with van der Waals surface area (Å²) in [5.74, 6) is 0. The van der Waals surface area contributed by atoms with Gasteiger partial charge in [0.2, 0.25) is 0 Å². The van der Waals surface area contributed by atoms with Gasteiger partial charge in [-0.25, -0.2) is 4.79 Å². The van der Waals surface area contributed by atoms with Gasteiger partial charge in [0.05, 0.1) is 6.61 Å². The third kappa shape index (κ3) is 3.61. The molecule has 0 aromatic heterocycles. The van der Waals surface area contributed by atoms with Crippen molar-refractivity contribution >= 4 is 6.09 Å². The summed E-state index contributed by atoms with van der Waals surface area (Å²) in [5.41, 5.74) is 0. The maximum Gasteiger partial charge on any atom is 0.409 e. The van der Waals surface area contributed by atoms with Gasteiger partial charge in [-0.05, 0) is 0 Å². The first-order valence-corrected chi connectivity index (χ1v) is 4.36. The molecule has 1 unspecified atom stereocenters. The topological polar surface area (TPSA) is 50.8 Å². The second-order valence-electron chi connectivity index (χ2n) is 3.17. The molecule has 1 amide bonds. The largest absolute Gasteiger partial charge is 0.447 e. The highest BCUT2D eigenvalue weighted by atomic mass is 16.6. The summed E-state index contributed by atoms with van der Waals surface area (Å²) in [4.78, 5) is 12.4. The van der Waals surface area contributed by atoms with E-state index in [4.69, 9.17) is 9.47 Å². The summed E-state index contributed by atoms with van der Waals surface area (Å²) in [6.07, 6.45) is -0.327. The first-order valence-electron chi connectivity index (χ1n) is 4.36. The summed E-state index contributed by atoms with van der Waals surface area (Å²) in [7, 11) is 3.31. The summed E-state index contributed by atoms with van der Waals surface area (Å²) >= 11 is 0. The van der Waals surface area contributed by atoms with Crippen LogP contribution in [-0.2, 0) is 9.47 Å². The zero-order valence-electron chi connectivity index (χ0n) is 8.08. The molecule has 0 saturated carbocycles. The lowest BCUT2D eigenvalue weighted by atomic mass is 10.3. The summed E-state index contributed by atoms with van der Waals surface area (Å²) in [5, 5.41) is 3.16. The molecular formula is C8H16N2O3. The third-order valence-electron chi connectivity index (χ3n) is 1.76. The number of carbonyl (C=O) groups is 1. The molecule has 0 radical (unpaired) electrons. The van der Waals surface area contributed by atoms with Gasteiger partial charge in [0.1, 0.15) is 12.7 Å². The van der Waals surface area contributed by atoms with Gasteiger partial charge >= 0.3 is 6.09 Å². The van der Waals surface area contributed by atoms with Crippen LogP contribution < -0.4 is 5.32 Å². The molecule has 13 heavy (non-hydrogen) atoms. The number of rotatable bonds is 2. The van der Waals surface area contributed by atoms with Gasteiger partial charge in [-0.15, -0.1) is 0 Å². The van der Waals surface area contributed by atoms with Gasteiger partial charge in [-0.3, -0.25) is 0 Å². The minimum Gasteiger partial charge on any atom is -0.447 e. The number of nitrogens with zero attached hydrogens (tertiary/aromatic N) is 1. The van der Waals surface area contributed by atoms with Crippen LogP contribution >= 0.6 is 0 Å². The Morgan fingerprint density at radius 3 is 3.00 bits per heavy atom. The van der Waals surface area contributed by atoms with E-state index in [-0.39, 0.29) is 12.2 Å². The van der Waals surface area contributed by atoms with E-state index in [1.165, 1.54) is 4.90 Å². The molecule has 1 heterocycles. The standard InChI is InChI=1S/C8H16N2O3/c1-10(2)8(11)13-6-7-5-9-3-4-12-7/h7,9H,3-6H2,1-2H3. The normalized spacial score (nSPS) is 22.5. The number of hydrogen-bond acceptors (Lipinski definition) is 4. The highest BCUT2D eigenvalue weighted by molar-refractivity contribution is 5.66. The third-order valence-corrected chi connectivity index (χ3v) is 1.76. The molecule has 1 atom stereocenters. The smallest absolute Gasteiger partial charge is 0.409 e. The molecule has 0 aliphatic carbocycles. The minimum absolute atomic E-state index is 0.00218. The molecule has 1 rings (SSSR count). The van der Waals surface area contributed by atoms with Gasteiger partial charge in [-0.1, -0.05) is 0 Å². The molecule has 76 valence electrons. The average Bonchev–Trinajstić information content (AvgIpc) is 2.15. The van der Waals surface area contributed by atoms with E-state index in [1.54, 1.807) is 14.1 Å². The first-order chi connectivity index (χ1) is 6.20. The van der Waals surface area contributed by atoms with Crippen molar-refractivity contribution in [2.45, 2.75) is 6.10 Å². The number of morpholine rings is 1. The lowest BCUT2D eigenvalue weighted by Gasteiger charge is -2.23. The van der Waals surface area contributed by atoms with Crippen LogP contribution in [0.5, 0.6) is 0 Å². The van der Waals surface area contributed by atoms with Crippen molar-refractivity contribution in [3.05, 3.63) is 0 Å². The fourth-order valence-electron chi connectivity index (χ4n) is 1.02. The van der Waals surface area contributed by atoms with Crippen molar-refractivity contribution in [2.24, 2.45) is 0 Å². The first kappa shape index (κ1) is 10.3. The monoisotopic (exact) mass is 188 g/mol. The van der Waals surface area contributed by atoms with Crippen LogP contribution in [0.4, 0.5) is 4.79 Å². The van der Waals surface area contributed by atoms with Crippen LogP contribution in [0.25, 0.3) is 0 Å². The predicted molar refractivity (Wildman–Crippen MR) is 47.6 cm³/mol. The zero-order chi connectivity index (χ0) is 9.68. The van der Waals surface area contributed by atoms with Gasteiger partial charge < -0.3 is 19.7 Å². The molecule has 5 heteroatoms. The van der Waals surface area contributed by atoms with E-state index in [1.807, 2.05) is 0 Å². The van der Waals surface area contributed by atoms with E-state index in [0.717, 1.165) is 13.1 Å². The number of ether oxygens (including phenoxy) is 2. The lowest BCUT2D eigenvalue weighted by Crippen LogP contribution is -2.42. The van der Waals surface area contributed by atoms with Gasteiger partial charge in [0.15, 0.2) is 0 Å². The average molecular weight is 188 g/mol. The lowest BCUT2D eigenvalue weighted by molar-refractivity contribution is -0.0163. The number of nitrogens with one attached hydrogen (secondary N) is 1. The Bertz CT molecular complexity index is 167. The molecular weight excluding hydrogens is 172 g/mol. The molecule has 1 saturated heterocycles. The quantitative estimate of drug-likeness (QED) is 0.645. The molecule has 5 nitrogen and oxygen atoms in total. The molecule has 0 aromatic rings. The van der Waals surface area contributed by atoms with Gasteiger partial charge in [0, 0.05) is 27.2 Å². The molecule has 1 fully saturated rings. The van der Waals surface area contributed by atoms with Crippen LogP contribution in [0.3, 0.4) is 0 Å². The van der Waals surface area contributed by atoms with Crippen LogP contribution in [0.15, 0.2) is 0 Å². The summed E-state index contributed by atoms with van der Waals surface area (Å²) < 4.78 is 10.3. The van der Waals surface area contributed by atoms with E-state index < -0.39 is 0 Å².